The number of likely N-dealkylation sites (N-methyl/N-ethyl adjacent to an activating group) is 1. The molecule has 4 heteroatoms. The first-order valence-corrected chi connectivity index (χ1v) is 6.01. The van der Waals surface area contributed by atoms with Gasteiger partial charge in [-0.2, -0.15) is 0 Å². The van der Waals surface area contributed by atoms with Gasteiger partial charge in [0.15, 0.2) is 6.10 Å². The molecule has 0 unspecified atom stereocenters. The normalized spacial score (nSPS) is 11.8. The van der Waals surface area contributed by atoms with Gasteiger partial charge in [-0.05, 0) is 39.3 Å². The average Bonchev–Trinajstić information content (AvgIpc) is 2.28. The molecule has 0 aromatic heterocycles. The molecule has 0 saturated carbocycles. The third-order valence-corrected chi connectivity index (χ3v) is 2.61. The number of carbonyl (C=O) groups excluding carboxylic acids is 2. The predicted molar refractivity (Wildman–Crippen MR) is 69.5 cm³/mol. The van der Waals surface area contributed by atoms with Crippen molar-refractivity contribution >= 4 is 11.9 Å². The molecule has 1 aromatic rings. The summed E-state index contributed by atoms with van der Waals surface area (Å²) in [7, 11) is 0. The van der Waals surface area contributed by atoms with Crippen LogP contribution < -0.4 is 5.32 Å². The number of aryl methyl sites for hydroxylation is 2. The van der Waals surface area contributed by atoms with E-state index in [4.69, 9.17) is 4.74 Å². The lowest BCUT2D eigenvalue weighted by Crippen LogP contribution is -2.35. The largest absolute Gasteiger partial charge is 0.449 e. The fourth-order valence-corrected chi connectivity index (χ4v) is 1.64. The number of hydrogen-bond acceptors (Lipinski definition) is 3. The summed E-state index contributed by atoms with van der Waals surface area (Å²) in [5, 5.41) is 2.61. The van der Waals surface area contributed by atoms with Crippen LogP contribution in [0.25, 0.3) is 0 Å². The SMILES string of the molecule is CCNC(=O)[C@@H](C)OC(=O)c1ccc(C)cc1C. The number of carbonyl (C=O) groups is 2. The third-order valence-electron chi connectivity index (χ3n) is 2.61. The highest BCUT2D eigenvalue weighted by molar-refractivity contribution is 5.93. The molecule has 0 saturated heterocycles. The number of hydrogen-bond donors (Lipinski definition) is 1. The number of nitrogens with one attached hydrogen (secondary N) is 1. The van der Waals surface area contributed by atoms with Crippen LogP contribution in [0.1, 0.15) is 35.3 Å². The number of benzene rings is 1. The molecule has 0 aliphatic rings. The lowest BCUT2D eigenvalue weighted by Gasteiger charge is -2.13. The molecular formula is C14H19NO3. The Bertz CT molecular complexity index is 454. The quantitative estimate of drug-likeness (QED) is 0.830. The fourth-order valence-electron chi connectivity index (χ4n) is 1.64. The van der Waals surface area contributed by atoms with E-state index in [2.05, 4.69) is 5.32 Å². The molecule has 18 heavy (non-hydrogen) atoms. The van der Waals surface area contributed by atoms with E-state index in [0.29, 0.717) is 12.1 Å². The van der Waals surface area contributed by atoms with Gasteiger partial charge < -0.3 is 10.1 Å². The minimum Gasteiger partial charge on any atom is -0.449 e. The van der Waals surface area contributed by atoms with Crippen molar-refractivity contribution in [2.45, 2.75) is 33.8 Å². The molecule has 4 nitrogen and oxygen atoms in total. The summed E-state index contributed by atoms with van der Waals surface area (Å²) >= 11 is 0. The van der Waals surface area contributed by atoms with Gasteiger partial charge in [-0.3, -0.25) is 4.79 Å². The smallest absolute Gasteiger partial charge is 0.339 e. The maximum atomic E-state index is 11.9. The summed E-state index contributed by atoms with van der Waals surface area (Å²) in [5.41, 5.74) is 2.43. The Morgan fingerprint density at radius 1 is 1.33 bits per heavy atom. The summed E-state index contributed by atoms with van der Waals surface area (Å²) < 4.78 is 5.12. The van der Waals surface area contributed by atoms with Gasteiger partial charge in [0.25, 0.3) is 5.91 Å². The molecule has 0 aliphatic carbocycles. The van der Waals surface area contributed by atoms with Crippen molar-refractivity contribution in [2.75, 3.05) is 6.54 Å². The monoisotopic (exact) mass is 249 g/mol. The molecule has 1 rings (SSSR count). The Balaban J connectivity index is 2.73. The Morgan fingerprint density at radius 3 is 2.56 bits per heavy atom. The van der Waals surface area contributed by atoms with Crippen LogP contribution in [0.3, 0.4) is 0 Å². The maximum absolute atomic E-state index is 11.9. The van der Waals surface area contributed by atoms with Crippen molar-refractivity contribution in [3.05, 3.63) is 34.9 Å². The van der Waals surface area contributed by atoms with Crippen molar-refractivity contribution in [2.24, 2.45) is 0 Å². The molecule has 1 atom stereocenters. The van der Waals surface area contributed by atoms with E-state index >= 15 is 0 Å². The first kappa shape index (κ1) is 14.2. The van der Waals surface area contributed by atoms with Gasteiger partial charge >= 0.3 is 5.97 Å². The topological polar surface area (TPSA) is 55.4 Å². The second-order valence-electron chi connectivity index (χ2n) is 4.26. The summed E-state index contributed by atoms with van der Waals surface area (Å²) in [4.78, 5) is 23.4. The number of rotatable bonds is 4. The van der Waals surface area contributed by atoms with Crippen molar-refractivity contribution < 1.29 is 14.3 Å². The summed E-state index contributed by atoms with van der Waals surface area (Å²) in [6.45, 7) is 7.70. The molecule has 1 amide bonds. The maximum Gasteiger partial charge on any atom is 0.339 e. The molecule has 98 valence electrons. The van der Waals surface area contributed by atoms with Crippen molar-refractivity contribution in [1.82, 2.24) is 5.32 Å². The summed E-state index contributed by atoms with van der Waals surface area (Å²) in [5.74, 6) is -0.748. The molecular weight excluding hydrogens is 230 g/mol. The van der Waals surface area contributed by atoms with Crippen LogP contribution in [-0.2, 0) is 9.53 Å². The van der Waals surface area contributed by atoms with Crippen LogP contribution in [0.15, 0.2) is 18.2 Å². The van der Waals surface area contributed by atoms with Crippen LogP contribution in [0, 0.1) is 13.8 Å². The molecule has 0 aliphatic heterocycles. The van der Waals surface area contributed by atoms with Gasteiger partial charge in [0.1, 0.15) is 0 Å². The molecule has 1 N–H and O–H groups in total. The summed E-state index contributed by atoms with van der Waals surface area (Å²) in [6, 6.07) is 5.48. The molecule has 0 bridgehead atoms. The number of amides is 1. The van der Waals surface area contributed by atoms with Crippen molar-refractivity contribution in [3.8, 4) is 0 Å². The molecule has 0 radical (unpaired) electrons. The Kier molecular flexibility index (Phi) is 4.89. The minimum atomic E-state index is -0.779. The molecule has 0 heterocycles. The number of esters is 1. The zero-order chi connectivity index (χ0) is 13.7. The van der Waals surface area contributed by atoms with E-state index in [0.717, 1.165) is 11.1 Å². The second kappa shape index (κ2) is 6.19. The first-order chi connectivity index (χ1) is 8.45. The van der Waals surface area contributed by atoms with E-state index in [1.807, 2.05) is 32.9 Å². The molecule has 0 spiro atoms. The van der Waals surface area contributed by atoms with Gasteiger partial charge in [0.05, 0.1) is 5.56 Å². The second-order valence-corrected chi connectivity index (χ2v) is 4.26. The summed E-state index contributed by atoms with van der Waals surface area (Å²) in [6.07, 6.45) is -0.779. The average molecular weight is 249 g/mol. The van der Waals surface area contributed by atoms with Crippen LogP contribution in [0.4, 0.5) is 0 Å². The van der Waals surface area contributed by atoms with E-state index < -0.39 is 12.1 Å². The van der Waals surface area contributed by atoms with Gasteiger partial charge in [0.2, 0.25) is 0 Å². The highest BCUT2D eigenvalue weighted by Gasteiger charge is 2.19. The Morgan fingerprint density at radius 2 is 2.00 bits per heavy atom. The van der Waals surface area contributed by atoms with E-state index in [1.165, 1.54) is 0 Å². The molecule has 0 fully saturated rings. The van der Waals surface area contributed by atoms with Crippen LogP contribution in [0.5, 0.6) is 0 Å². The highest BCUT2D eigenvalue weighted by Crippen LogP contribution is 2.12. The zero-order valence-electron chi connectivity index (χ0n) is 11.2. The van der Waals surface area contributed by atoms with Gasteiger partial charge in [0, 0.05) is 6.54 Å². The highest BCUT2D eigenvalue weighted by atomic mass is 16.5. The van der Waals surface area contributed by atoms with E-state index in [-0.39, 0.29) is 5.91 Å². The van der Waals surface area contributed by atoms with Crippen LogP contribution in [-0.4, -0.2) is 24.5 Å². The lowest BCUT2D eigenvalue weighted by atomic mass is 10.1. The van der Waals surface area contributed by atoms with Crippen molar-refractivity contribution in [1.29, 1.82) is 0 Å². The van der Waals surface area contributed by atoms with Crippen LogP contribution >= 0.6 is 0 Å². The minimum absolute atomic E-state index is 0.282. The van der Waals surface area contributed by atoms with Crippen LogP contribution in [0.2, 0.25) is 0 Å². The van der Waals surface area contributed by atoms with Gasteiger partial charge in [-0.15, -0.1) is 0 Å². The third kappa shape index (κ3) is 3.58. The molecule has 1 aromatic carbocycles. The standard InChI is InChI=1S/C14H19NO3/c1-5-15-13(16)11(4)18-14(17)12-7-6-9(2)8-10(12)3/h6-8,11H,5H2,1-4H3,(H,15,16)/t11-/m1/s1. The fraction of sp³-hybridized carbons (Fsp3) is 0.429. The van der Waals surface area contributed by atoms with E-state index in [1.54, 1.807) is 13.0 Å². The Labute approximate surface area is 107 Å². The zero-order valence-corrected chi connectivity index (χ0v) is 11.2. The predicted octanol–water partition coefficient (Wildman–Crippen LogP) is 1.98. The van der Waals surface area contributed by atoms with E-state index in [9.17, 15) is 9.59 Å². The first-order valence-electron chi connectivity index (χ1n) is 6.01. The number of ether oxygens (including phenoxy) is 1. The Hall–Kier alpha value is -1.84. The lowest BCUT2D eigenvalue weighted by molar-refractivity contribution is -0.128. The van der Waals surface area contributed by atoms with Gasteiger partial charge in [-0.25, -0.2) is 4.79 Å². The van der Waals surface area contributed by atoms with Crippen molar-refractivity contribution in [3.63, 3.8) is 0 Å². The van der Waals surface area contributed by atoms with Gasteiger partial charge in [-0.1, -0.05) is 17.7 Å².